The van der Waals surface area contributed by atoms with Crippen molar-refractivity contribution in [3.05, 3.63) is 53.3 Å². The number of aryl methyl sites for hydroxylation is 1. The van der Waals surface area contributed by atoms with E-state index in [2.05, 4.69) is 5.10 Å². The molecule has 2 N–H and O–H groups in total. The lowest BCUT2D eigenvalue weighted by Gasteiger charge is -2.17. The summed E-state index contributed by atoms with van der Waals surface area (Å²) in [4.78, 5) is 13.9. The van der Waals surface area contributed by atoms with Crippen LogP contribution in [-0.4, -0.2) is 27.6 Å². The molecule has 0 unspecified atom stereocenters. The molecule has 1 amide bonds. The third-order valence-corrected chi connectivity index (χ3v) is 3.03. The number of nitrogens with two attached hydrogens (primary N) is 1. The van der Waals surface area contributed by atoms with Crippen LogP contribution in [0.4, 0.5) is 0 Å². The Bertz CT molecular complexity index is 576. The van der Waals surface area contributed by atoms with E-state index in [1.807, 2.05) is 24.3 Å². The van der Waals surface area contributed by atoms with E-state index in [1.54, 1.807) is 35.9 Å². The molecule has 100 valence electrons. The van der Waals surface area contributed by atoms with E-state index in [9.17, 15) is 4.79 Å². The molecule has 1 heterocycles. The molecule has 0 atom stereocenters. The number of nitrogens with zero attached hydrogens (tertiary/aromatic N) is 3. The first-order valence-electron chi connectivity index (χ1n) is 6.13. The van der Waals surface area contributed by atoms with Crippen LogP contribution in [0.3, 0.4) is 0 Å². The van der Waals surface area contributed by atoms with Crippen molar-refractivity contribution in [2.24, 2.45) is 12.8 Å². The van der Waals surface area contributed by atoms with Gasteiger partial charge in [-0.3, -0.25) is 9.48 Å². The first-order chi connectivity index (χ1) is 9.11. The molecule has 5 nitrogen and oxygen atoms in total. The number of benzene rings is 1. The van der Waals surface area contributed by atoms with E-state index in [0.717, 1.165) is 11.1 Å². The monoisotopic (exact) mass is 258 g/mol. The summed E-state index contributed by atoms with van der Waals surface area (Å²) in [6.45, 7) is 1.06. The van der Waals surface area contributed by atoms with Gasteiger partial charge in [0.15, 0.2) is 0 Å². The summed E-state index contributed by atoms with van der Waals surface area (Å²) in [5.41, 5.74) is 8.33. The molecule has 0 fully saturated rings. The highest BCUT2D eigenvalue weighted by molar-refractivity contribution is 5.92. The molecule has 0 aliphatic rings. The normalized spacial score (nSPS) is 10.5. The van der Waals surface area contributed by atoms with Crippen LogP contribution < -0.4 is 5.73 Å². The van der Waals surface area contributed by atoms with E-state index < -0.39 is 0 Å². The topological polar surface area (TPSA) is 64.2 Å². The quantitative estimate of drug-likeness (QED) is 0.894. The van der Waals surface area contributed by atoms with Gasteiger partial charge in [0.2, 0.25) is 0 Å². The summed E-state index contributed by atoms with van der Waals surface area (Å²) in [7, 11) is 3.54. The molecule has 1 aromatic heterocycles. The number of aromatic nitrogens is 2. The molecule has 2 aromatic rings. The van der Waals surface area contributed by atoms with Gasteiger partial charge < -0.3 is 10.6 Å². The fourth-order valence-corrected chi connectivity index (χ4v) is 1.98. The first-order valence-corrected chi connectivity index (χ1v) is 6.13. The van der Waals surface area contributed by atoms with Crippen LogP contribution >= 0.6 is 0 Å². The van der Waals surface area contributed by atoms with Gasteiger partial charge in [-0.25, -0.2) is 0 Å². The van der Waals surface area contributed by atoms with Crippen LogP contribution in [0, 0.1) is 0 Å². The Morgan fingerprint density at radius 2 is 2.11 bits per heavy atom. The van der Waals surface area contributed by atoms with Crippen molar-refractivity contribution in [3.8, 4) is 0 Å². The van der Waals surface area contributed by atoms with Crippen LogP contribution in [0.15, 0.2) is 36.5 Å². The third-order valence-electron chi connectivity index (χ3n) is 3.03. The molecule has 0 aliphatic heterocycles. The van der Waals surface area contributed by atoms with Gasteiger partial charge in [-0.1, -0.05) is 24.3 Å². The molecule has 0 saturated carbocycles. The van der Waals surface area contributed by atoms with Gasteiger partial charge in [-0.15, -0.1) is 0 Å². The molecule has 1 aromatic carbocycles. The van der Waals surface area contributed by atoms with E-state index in [4.69, 9.17) is 5.73 Å². The average molecular weight is 258 g/mol. The van der Waals surface area contributed by atoms with E-state index in [0.29, 0.717) is 18.8 Å². The third kappa shape index (κ3) is 3.00. The Labute approximate surface area is 112 Å². The Kier molecular flexibility index (Phi) is 3.97. The predicted octanol–water partition coefficient (Wildman–Crippen LogP) is 1.15. The molecule has 2 rings (SSSR count). The van der Waals surface area contributed by atoms with Crippen molar-refractivity contribution in [2.75, 3.05) is 7.05 Å². The van der Waals surface area contributed by atoms with Crippen LogP contribution in [0.5, 0.6) is 0 Å². The molecular weight excluding hydrogens is 240 g/mol. The minimum atomic E-state index is -0.0434. The van der Waals surface area contributed by atoms with Crippen molar-refractivity contribution < 1.29 is 4.79 Å². The summed E-state index contributed by atoms with van der Waals surface area (Å²) in [5, 5.41) is 4.01. The molecule has 0 spiro atoms. The fraction of sp³-hybridized carbons (Fsp3) is 0.286. The average Bonchev–Trinajstić information content (AvgIpc) is 2.84. The molecule has 19 heavy (non-hydrogen) atoms. The Balaban J connectivity index is 2.10. The Morgan fingerprint density at radius 3 is 2.74 bits per heavy atom. The van der Waals surface area contributed by atoms with Crippen LogP contribution in [0.1, 0.15) is 21.6 Å². The van der Waals surface area contributed by atoms with Crippen LogP contribution in [0.25, 0.3) is 0 Å². The predicted molar refractivity (Wildman–Crippen MR) is 73.3 cm³/mol. The molecule has 5 heteroatoms. The Hall–Kier alpha value is -2.14. The van der Waals surface area contributed by atoms with E-state index in [1.165, 1.54) is 0 Å². The van der Waals surface area contributed by atoms with Gasteiger partial charge in [0.1, 0.15) is 5.69 Å². The minimum Gasteiger partial charge on any atom is -0.336 e. The maximum Gasteiger partial charge on any atom is 0.272 e. The zero-order valence-corrected chi connectivity index (χ0v) is 11.2. The second-order valence-electron chi connectivity index (χ2n) is 4.53. The van der Waals surface area contributed by atoms with Crippen molar-refractivity contribution in [1.82, 2.24) is 14.7 Å². The van der Waals surface area contributed by atoms with Gasteiger partial charge in [0.05, 0.1) is 0 Å². The SMILES string of the molecule is CN(Cc1cccc(CN)c1)C(=O)c1ccnn1C. The summed E-state index contributed by atoms with van der Waals surface area (Å²) in [6.07, 6.45) is 1.62. The van der Waals surface area contributed by atoms with Crippen molar-refractivity contribution >= 4 is 5.91 Å². The number of amides is 1. The van der Waals surface area contributed by atoms with E-state index in [-0.39, 0.29) is 5.91 Å². The molecule has 0 aliphatic carbocycles. The lowest BCUT2D eigenvalue weighted by Crippen LogP contribution is -2.28. The molecule has 0 saturated heterocycles. The summed E-state index contributed by atoms with van der Waals surface area (Å²) < 4.78 is 1.58. The van der Waals surface area contributed by atoms with Crippen molar-refractivity contribution in [1.29, 1.82) is 0 Å². The largest absolute Gasteiger partial charge is 0.336 e. The number of carbonyl (C=O) groups excluding carboxylic acids is 1. The highest BCUT2D eigenvalue weighted by Gasteiger charge is 2.15. The second-order valence-corrected chi connectivity index (χ2v) is 4.53. The van der Waals surface area contributed by atoms with Gasteiger partial charge >= 0.3 is 0 Å². The summed E-state index contributed by atoms with van der Waals surface area (Å²) >= 11 is 0. The smallest absolute Gasteiger partial charge is 0.272 e. The van der Waals surface area contributed by atoms with Crippen LogP contribution in [-0.2, 0) is 20.1 Å². The van der Waals surface area contributed by atoms with Gasteiger partial charge in [0.25, 0.3) is 5.91 Å². The fourth-order valence-electron chi connectivity index (χ4n) is 1.98. The maximum atomic E-state index is 12.2. The first kappa shape index (κ1) is 13.3. The van der Waals surface area contributed by atoms with Gasteiger partial charge in [-0.05, 0) is 17.2 Å². The van der Waals surface area contributed by atoms with Gasteiger partial charge in [-0.2, -0.15) is 5.10 Å². The Morgan fingerprint density at radius 1 is 1.37 bits per heavy atom. The van der Waals surface area contributed by atoms with Crippen molar-refractivity contribution in [3.63, 3.8) is 0 Å². The molecule has 0 bridgehead atoms. The molecular formula is C14H18N4O. The minimum absolute atomic E-state index is 0.0434. The maximum absolute atomic E-state index is 12.2. The van der Waals surface area contributed by atoms with Gasteiger partial charge in [0, 0.05) is 33.4 Å². The molecule has 0 radical (unpaired) electrons. The number of hydrogen-bond acceptors (Lipinski definition) is 3. The second kappa shape index (κ2) is 5.67. The zero-order valence-electron chi connectivity index (χ0n) is 11.2. The summed E-state index contributed by atoms with van der Waals surface area (Å²) in [5.74, 6) is -0.0434. The van der Waals surface area contributed by atoms with Crippen LogP contribution in [0.2, 0.25) is 0 Å². The standard InChI is InChI=1S/C14H18N4O/c1-17(14(19)13-6-7-16-18(13)2)10-12-5-3-4-11(8-12)9-15/h3-8H,9-10,15H2,1-2H3. The number of hydrogen-bond donors (Lipinski definition) is 1. The highest BCUT2D eigenvalue weighted by Crippen LogP contribution is 2.09. The highest BCUT2D eigenvalue weighted by atomic mass is 16.2. The lowest BCUT2D eigenvalue weighted by atomic mass is 10.1. The van der Waals surface area contributed by atoms with Crippen molar-refractivity contribution in [2.45, 2.75) is 13.1 Å². The van der Waals surface area contributed by atoms with E-state index >= 15 is 0 Å². The number of carbonyl (C=O) groups is 1. The zero-order chi connectivity index (χ0) is 13.8. The number of rotatable bonds is 4. The summed E-state index contributed by atoms with van der Waals surface area (Å²) in [6, 6.07) is 9.67. The lowest BCUT2D eigenvalue weighted by molar-refractivity contribution is 0.0774.